The Morgan fingerprint density at radius 2 is 2.00 bits per heavy atom. The van der Waals surface area contributed by atoms with E-state index < -0.39 is 10.0 Å². The van der Waals surface area contributed by atoms with E-state index in [1.807, 2.05) is 6.92 Å². The van der Waals surface area contributed by atoms with Crippen LogP contribution < -0.4 is 4.72 Å². The molecule has 0 aliphatic carbocycles. The van der Waals surface area contributed by atoms with Gasteiger partial charge in [-0.3, -0.25) is 4.90 Å². The van der Waals surface area contributed by atoms with Gasteiger partial charge in [0.2, 0.25) is 10.0 Å². The number of thiazole rings is 1. The number of hydrogen-bond donors (Lipinski definition) is 1. The molecule has 1 aliphatic rings. The Bertz CT molecular complexity index is 531. The normalized spacial score (nSPS) is 18.9. The second-order valence-corrected chi connectivity index (χ2v) is 8.25. The van der Waals surface area contributed by atoms with Crippen LogP contribution in [0.5, 0.6) is 0 Å². The minimum atomic E-state index is -3.08. The average molecular weight is 303 g/mol. The number of nitrogens with zero attached hydrogens (tertiary/aromatic N) is 2. The summed E-state index contributed by atoms with van der Waals surface area (Å²) in [4.78, 5) is 8.14. The van der Waals surface area contributed by atoms with E-state index in [2.05, 4.69) is 21.5 Å². The molecule has 1 aromatic rings. The number of nitrogens with one attached hydrogen (secondary N) is 1. The maximum atomic E-state index is 11.2. The fourth-order valence-electron chi connectivity index (χ4n) is 2.43. The van der Waals surface area contributed by atoms with Crippen molar-refractivity contribution >= 4 is 21.4 Å². The average Bonchev–Trinajstić information content (AvgIpc) is 2.58. The van der Waals surface area contributed by atoms with Gasteiger partial charge in [-0.15, -0.1) is 11.3 Å². The van der Waals surface area contributed by atoms with Gasteiger partial charge in [-0.05, 0) is 26.7 Å². The second-order valence-electron chi connectivity index (χ2n) is 5.18. The molecule has 0 spiro atoms. The zero-order chi connectivity index (χ0) is 14.0. The van der Waals surface area contributed by atoms with E-state index in [0.717, 1.165) is 43.2 Å². The van der Waals surface area contributed by atoms with Crippen LogP contribution >= 0.6 is 11.3 Å². The first-order chi connectivity index (χ1) is 8.83. The van der Waals surface area contributed by atoms with Gasteiger partial charge in [-0.25, -0.2) is 18.1 Å². The summed E-state index contributed by atoms with van der Waals surface area (Å²) in [6.07, 6.45) is 2.98. The zero-order valence-electron chi connectivity index (χ0n) is 11.6. The highest BCUT2D eigenvalue weighted by Crippen LogP contribution is 2.21. The van der Waals surface area contributed by atoms with Crippen molar-refractivity contribution in [3.05, 3.63) is 15.6 Å². The van der Waals surface area contributed by atoms with E-state index in [1.54, 1.807) is 11.3 Å². The first-order valence-corrected chi connectivity index (χ1v) is 9.17. The van der Waals surface area contributed by atoms with Crippen LogP contribution in [0.15, 0.2) is 0 Å². The smallest absolute Gasteiger partial charge is 0.208 e. The van der Waals surface area contributed by atoms with Crippen molar-refractivity contribution in [1.82, 2.24) is 14.6 Å². The van der Waals surface area contributed by atoms with Crippen molar-refractivity contribution in [1.29, 1.82) is 0 Å². The molecule has 19 heavy (non-hydrogen) atoms. The van der Waals surface area contributed by atoms with Gasteiger partial charge in [0.05, 0.1) is 17.0 Å². The molecule has 0 atom stereocenters. The standard InChI is InChI=1S/C12H21N3O2S2/c1-9-12(18-10(2)13-9)8-15-6-4-11(5-7-15)14-19(3,16)17/h11,14H,4-8H2,1-3H3. The van der Waals surface area contributed by atoms with Gasteiger partial charge >= 0.3 is 0 Å². The molecule has 1 N–H and O–H groups in total. The summed E-state index contributed by atoms with van der Waals surface area (Å²) in [5, 5.41) is 1.11. The van der Waals surface area contributed by atoms with Crippen LogP contribution in [-0.4, -0.2) is 43.7 Å². The molecule has 0 unspecified atom stereocenters. The van der Waals surface area contributed by atoms with Crippen LogP contribution in [0.25, 0.3) is 0 Å². The van der Waals surface area contributed by atoms with Crippen molar-refractivity contribution in [2.45, 2.75) is 39.3 Å². The summed E-state index contributed by atoms with van der Waals surface area (Å²) in [6, 6.07) is 0.0931. The predicted octanol–water partition coefficient (Wildman–Crippen LogP) is 1.27. The van der Waals surface area contributed by atoms with Gasteiger partial charge in [-0.2, -0.15) is 0 Å². The van der Waals surface area contributed by atoms with Gasteiger partial charge in [0.1, 0.15) is 0 Å². The summed E-state index contributed by atoms with van der Waals surface area (Å²) in [5.74, 6) is 0. The van der Waals surface area contributed by atoms with Gasteiger partial charge in [0, 0.05) is 30.6 Å². The highest BCUT2D eigenvalue weighted by atomic mass is 32.2. The van der Waals surface area contributed by atoms with Crippen LogP contribution in [-0.2, 0) is 16.6 Å². The molecule has 7 heteroatoms. The highest BCUT2D eigenvalue weighted by Gasteiger charge is 2.22. The number of aromatic nitrogens is 1. The van der Waals surface area contributed by atoms with Crippen LogP contribution in [0.4, 0.5) is 0 Å². The number of sulfonamides is 1. The highest BCUT2D eigenvalue weighted by molar-refractivity contribution is 7.88. The van der Waals surface area contributed by atoms with Gasteiger partial charge in [-0.1, -0.05) is 0 Å². The molecule has 108 valence electrons. The maximum absolute atomic E-state index is 11.2. The lowest BCUT2D eigenvalue weighted by Crippen LogP contribution is -2.43. The Balaban J connectivity index is 1.85. The molecule has 1 saturated heterocycles. The molecule has 1 aromatic heterocycles. The van der Waals surface area contributed by atoms with E-state index in [0.29, 0.717) is 0 Å². The number of hydrogen-bond acceptors (Lipinski definition) is 5. The molecule has 0 aromatic carbocycles. The Morgan fingerprint density at radius 1 is 1.37 bits per heavy atom. The first kappa shape index (κ1) is 14.9. The number of likely N-dealkylation sites (tertiary alicyclic amines) is 1. The Hall–Kier alpha value is -0.500. The lowest BCUT2D eigenvalue weighted by atomic mass is 10.1. The SMILES string of the molecule is Cc1nc(C)c(CN2CCC(NS(C)(=O)=O)CC2)s1. The third-order valence-electron chi connectivity index (χ3n) is 3.34. The van der Waals surface area contributed by atoms with E-state index in [-0.39, 0.29) is 6.04 Å². The largest absolute Gasteiger partial charge is 0.298 e. The third-order valence-corrected chi connectivity index (χ3v) is 5.15. The van der Waals surface area contributed by atoms with Crippen LogP contribution in [0.1, 0.15) is 28.4 Å². The van der Waals surface area contributed by atoms with Crippen molar-refractivity contribution in [2.24, 2.45) is 0 Å². The molecular formula is C12H21N3O2S2. The Labute approximate surface area is 119 Å². The fourth-order valence-corrected chi connectivity index (χ4v) is 4.26. The quantitative estimate of drug-likeness (QED) is 0.910. The summed E-state index contributed by atoms with van der Waals surface area (Å²) in [6.45, 7) is 6.89. The van der Waals surface area contributed by atoms with E-state index in [4.69, 9.17) is 0 Å². The molecule has 2 heterocycles. The monoisotopic (exact) mass is 303 g/mol. The molecule has 2 rings (SSSR count). The molecule has 0 radical (unpaired) electrons. The first-order valence-electron chi connectivity index (χ1n) is 6.46. The molecule has 1 fully saturated rings. The molecule has 0 amide bonds. The second kappa shape index (κ2) is 5.87. The molecule has 0 saturated carbocycles. The summed E-state index contributed by atoms with van der Waals surface area (Å²) in [5.41, 5.74) is 1.12. The van der Waals surface area contributed by atoms with E-state index >= 15 is 0 Å². The number of rotatable bonds is 4. The van der Waals surface area contributed by atoms with Crippen molar-refractivity contribution < 1.29 is 8.42 Å². The number of piperidine rings is 1. The van der Waals surface area contributed by atoms with Crippen LogP contribution in [0, 0.1) is 13.8 Å². The Kier molecular flexibility index (Phi) is 4.60. The minimum Gasteiger partial charge on any atom is -0.298 e. The topological polar surface area (TPSA) is 62.3 Å². The van der Waals surface area contributed by atoms with Crippen molar-refractivity contribution in [2.75, 3.05) is 19.3 Å². The number of aryl methyl sites for hydroxylation is 2. The molecule has 0 bridgehead atoms. The molecular weight excluding hydrogens is 282 g/mol. The molecule has 5 nitrogen and oxygen atoms in total. The summed E-state index contributed by atoms with van der Waals surface area (Å²) in [7, 11) is -3.08. The Morgan fingerprint density at radius 3 is 2.47 bits per heavy atom. The third kappa shape index (κ3) is 4.52. The van der Waals surface area contributed by atoms with E-state index in [9.17, 15) is 8.42 Å². The minimum absolute atomic E-state index is 0.0931. The fraction of sp³-hybridized carbons (Fsp3) is 0.750. The lowest BCUT2D eigenvalue weighted by molar-refractivity contribution is 0.201. The van der Waals surface area contributed by atoms with Crippen LogP contribution in [0.3, 0.4) is 0 Å². The van der Waals surface area contributed by atoms with Gasteiger partial charge < -0.3 is 0 Å². The van der Waals surface area contributed by atoms with Gasteiger partial charge in [0.15, 0.2) is 0 Å². The predicted molar refractivity (Wildman–Crippen MR) is 77.9 cm³/mol. The molecule has 1 aliphatic heterocycles. The lowest BCUT2D eigenvalue weighted by Gasteiger charge is -2.31. The van der Waals surface area contributed by atoms with Gasteiger partial charge in [0.25, 0.3) is 0 Å². The maximum Gasteiger partial charge on any atom is 0.208 e. The van der Waals surface area contributed by atoms with Crippen LogP contribution in [0.2, 0.25) is 0 Å². The summed E-state index contributed by atoms with van der Waals surface area (Å²) >= 11 is 1.75. The summed E-state index contributed by atoms with van der Waals surface area (Å²) < 4.78 is 25.1. The van der Waals surface area contributed by atoms with Crippen molar-refractivity contribution in [3.8, 4) is 0 Å². The van der Waals surface area contributed by atoms with E-state index in [1.165, 1.54) is 11.1 Å². The zero-order valence-corrected chi connectivity index (χ0v) is 13.3. The van der Waals surface area contributed by atoms with Crippen molar-refractivity contribution in [3.63, 3.8) is 0 Å².